The van der Waals surface area contributed by atoms with Gasteiger partial charge in [0, 0.05) is 7.11 Å². The highest BCUT2D eigenvalue weighted by Crippen LogP contribution is 2.13. The Balaban J connectivity index is 2.72. The molecule has 0 heterocycles. The summed E-state index contributed by atoms with van der Waals surface area (Å²) in [7, 11) is 6.80. The molecule has 0 saturated carbocycles. The van der Waals surface area contributed by atoms with Crippen molar-refractivity contribution >= 4 is 13.3 Å². The lowest BCUT2D eigenvalue weighted by molar-refractivity contribution is 0.0483. The van der Waals surface area contributed by atoms with Crippen LogP contribution in [0.5, 0.6) is 5.75 Å². The first-order chi connectivity index (χ1) is 5.74. The lowest BCUT2D eigenvalue weighted by atomic mass is 9.96. The molecule has 4 heteroatoms. The first-order valence-corrected chi connectivity index (χ1v) is 3.41. The molecule has 0 unspecified atom stereocenters. The van der Waals surface area contributed by atoms with E-state index in [4.69, 9.17) is 12.6 Å². The highest BCUT2D eigenvalue weighted by Gasteiger charge is 2.01. The zero-order chi connectivity index (χ0) is 8.97. The van der Waals surface area contributed by atoms with E-state index in [1.165, 1.54) is 19.2 Å². The highest BCUT2D eigenvalue weighted by molar-refractivity contribution is 6.32. The van der Waals surface area contributed by atoms with Crippen LogP contribution in [-0.4, -0.2) is 21.7 Å². The monoisotopic (exact) mass is 166 g/mol. The number of benzene rings is 1. The fraction of sp³-hybridized carbons (Fsp3) is 0.250. The first kappa shape index (κ1) is 9.07. The average molecular weight is 166 g/mol. The zero-order valence-electron chi connectivity index (χ0n) is 6.71. The van der Waals surface area contributed by atoms with Crippen LogP contribution in [0.1, 0.15) is 0 Å². The van der Waals surface area contributed by atoms with E-state index in [1.54, 1.807) is 6.07 Å². The molecule has 0 aliphatic heterocycles. The molecule has 2 nitrogen and oxygen atoms in total. The second-order valence-electron chi connectivity index (χ2n) is 2.24. The fourth-order valence-corrected chi connectivity index (χ4v) is 0.757. The summed E-state index contributed by atoms with van der Waals surface area (Å²) in [4.78, 5) is 0. The zero-order valence-corrected chi connectivity index (χ0v) is 6.71. The summed E-state index contributed by atoms with van der Waals surface area (Å²) < 4.78 is 22.4. The minimum absolute atomic E-state index is 0.0286. The van der Waals surface area contributed by atoms with Crippen LogP contribution in [0.3, 0.4) is 0 Å². The number of ether oxygens (including phenoxy) is 2. The average Bonchev–Trinajstić information content (AvgIpc) is 2.03. The van der Waals surface area contributed by atoms with Crippen molar-refractivity contribution in [3.8, 4) is 5.75 Å². The third kappa shape index (κ3) is 2.24. The van der Waals surface area contributed by atoms with Gasteiger partial charge in [0.25, 0.3) is 0 Å². The quantitative estimate of drug-likeness (QED) is 0.483. The molecule has 0 N–H and O–H groups in total. The third-order valence-electron chi connectivity index (χ3n) is 1.29. The maximum absolute atomic E-state index is 12.9. The number of methoxy groups -OCH3 is 1. The summed E-state index contributed by atoms with van der Waals surface area (Å²) >= 11 is 0. The van der Waals surface area contributed by atoms with Gasteiger partial charge in [0.15, 0.2) is 18.4 Å². The summed E-state index contributed by atoms with van der Waals surface area (Å²) in [5, 5.41) is 0. The van der Waals surface area contributed by atoms with Crippen LogP contribution in [-0.2, 0) is 4.74 Å². The SMILES string of the molecule is [B]c1ccc(OCOC)c(F)c1. The molecular formula is C8H8BFO2. The van der Waals surface area contributed by atoms with E-state index >= 15 is 0 Å². The van der Waals surface area contributed by atoms with Crippen LogP contribution in [0.15, 0.2) is 18.2 Å². The molecule has 1 aromatic rings. The van der Waals surface area contributed by atoms with Gasteiger partial charge in [-0.1, -0.05) is 11.5 Å². The van der Waals surface area contributed by atoms with Crippen LogP contribution < -0.4 is 10.2 Å². The van der Waals surface area contributed by atoms with Crippen LogP contribution in [0.4, 0.5) is 4.39 Å². The molecule has 0 fully saturated rings. The maximum Gasteiger partial charge on any atom is 0.188 e. The molecule has 12 heavy (non-hydrogen) atoms. The molecule has 0 amide bonds. The predicted molar refractivity (Wildman–Crippen MR) is 44.3 cm³/mol. The molecule has 0 saturated heterocycles. The Kier molecular flexibility index (Phi) is 3.11. The molecule has 0 atom stereocenters. The van der Waals surface area contributed by atoms with Gasteiger partial charge in [-0.15, -0.1) is 0 Å². The Morgan fingerprint density at radius 1 is 1.50 bits per heavy atom. The first-order valence-electron chi connectivity index (χ1n) is 3.41. The lowest BCUT2D eigenvalue weighted by Crippen LogP contribution is -2.06. The van der Waals surface area contributed by atoms with Crippen molar-refractivity contribution in [2.75, 3.05) is 13.9 Å². The van der Waals surface area contributed by atoms with E-state index in [9.17, 15) is 4.39 Å². The van der Waals surface area contributed by atoms with Crippen molar-refractivity contribution in [3.05, 3.63) is 24.0 Å². The van der Waals surface area contributed by atoms with Crippen molar-refractivity contribution in [2.24, 2.45) is 0 Å². The van der Waals surface area contributed by atoms with Crippen molar-refractivity contribution in [1.82, 2.24) is 0 Å². The second kappa shape index (κ2) is 4.11. The number of rotatable bonds is 3. The predicted octanol–water partition coefficient (Wildman–Crippen LogP) is 0.602. The molecule has 1 aromatic carbocycles. The Hall–Kier alpha value is -1.03. The van der Waals surface area contributed by atoms with E-state index in [2.05, 4.69) is 4.74 Å². The highest BCUT2D eigenvalue weighted by atomic mass is 19.1. The standard InChI is InChI=1S/C8H8BFO2/c1-11-5-12-8-3-2-6(9)4-7(8)10/h2-4H,5H2,1H3. The normalized spacial score (nSPS) is 9.83. The second-order valence-corrected chi connectivity index (χ2v) is 2.24. The molecular weight excluding hydrogens is 158 g/mol. The molecule has 0 aliphatic rings. The van der Waals surface area contributed by atoms with E-state index in [0.29, 0.717) is 5.46 Å². The number of hydrogen-bond donors (Lipinski definition) is 0. The van der Waals surface area contributed by atoms with Gasteiger partial charge < -0.3 is 9.47 Å². The van der Waals surface area contributed by atoms with Gasteiger partial charge in [-0.3, -0.25) is 0 Å². The summed E-state index contributed by atoms with van der Waals surface area (Å²) in [6, 6.07) is 4.22. The Labute approximate surface area is 71.7 Å². The molecule has 0 aliphatic carbocycles. The minimum atomic E-state index is -0.480. The topological polar surface area (TPSA) is 18.5 Å². The van der Waals surface area contributed by atoms with E-state index < -0.39 is 5.82 Å². The largest absolute Gasteiger partial charge is 0.464 e. The van der Waals surface area contributed by atoms with Crippen LogP contribution in [0.2, 0.25) is 0 Å². The van der Waals surface area contributed by atoms with Crippen molar-refractivity contribution in [2.45, 2.75) is 0 Å². The van der Waals surface area contributed by atoms with Crippen molar-refractivity contribution in [3.63, 3.8) is 0 Å². The maximum atomic E-state index is 12.9. The third-order valence-corrected chi connectivity index (χ3v) is 1.29. The molecule has 1 rings (SSSR count). The molecule has 0 aromatic heterocycles. The van der Waals surface area contributed by atoms with Crippen LogP contribution in [0.25, 0.3) is 0 Å². The van der Waals surface area contributed by atoms with E-state index in [0.717, 1.165) is 0 Å². The fourth-order valence-electron chi connectivity index (χ4n) is 0.757. The Morgan fingerprint density at radius 2 is 2.25 bits per heavy atom. The van der Waals surface area contributed by atoms with Gasteiger partial charge in [-0.25, -0.2) is 4.39 Å². The van der Waals surface area contributed by atoms with Gasteiger partial charge in [-0.2, -0.15) is 0 Å². The molecule has 2 radical (unpaired) electrons. The van der Waals surface area contributed by atoms with Gasteiger partial charge in [0.05, 0.1) is 0 Å². The Morgan fingerprint density at radius 3 is 2.83 bits per heavy atom. The summed E-state index contributed by atoms with van der Waals surface area (Å²) in [6.45, 7) is 0.0286. The van der Waals surface area contributed by atoms with E-state index in [1.807, 2.05) is 0 Å². The van der Waals surface area contributed by atoms with Crippen LogP contribution >= 0.6 is 0 Å². The lowest BCUT2D eigenvalue weighted by Gasteiger charge is -2.05. The van der Waals surface area contributed by atoms with E-state index in [-0.39, 0.29) is 12.5 Å². The summed E-state index contributed by atoms with van der Waals surface area (Å²) in [5.74, 6) is -0.335. The van der Waals surface area contributed by atoms with Gasteiger partial charge in [-0.05, 0) is 12.1 Å². The number of hydrogen-bond acceptors (Lipinski definition) is 2. The van der Waals surface area contributed by atoms with Crippen molar-refractivity contribution < 1.29 is 13.9 Å². The van der Waals surface area contributed by atoms with Crippen LogP contribution in [0, 0.1) is 5.82 Å². The minimum Gasteiger partial charge on any atom is -0.464 e. The number of halogens is 1. The van der Waals surface area contributed by atoms with Gasteiger partial charge in [0.1, 0.15) is 7.85 Å². The molecule has 0 bridgehead atoms. The smallest absolute Gasteiger partial charge is 0.188 e. The summed E-state index contributed by atoms with van der Waals surface area (Å²) in [6.07, 6.45) is 0. The molecule has 62 valence electrons. The summed E-state index contributed by atoms with van der Waals surface area (Å²) in [5.41, 5.74) is 0.372. The molecule has 0 spiro atoms. The van der Waals surface area contributed by atoms with Crippen molar-refractivity contribution in [1.29, 1.82) is 0 Å². The van der Waals surface area contributed by atoms with Gasteiger partial charge >= 0.3 is 0 Å². The van der Waals surface area contributed by atoms with Gasteiger partial charge in [0.2, 0.25) is 0 Å². The Bertz CT molecular complexity index is 265.